The second kappa shape index (κ2) is 6.00. The van der Waals surface area contributed by atoms with Crippen LogP contribution >= 0.6 is 12.4 Å². The number of hydrogen-bond acceptors (Lipinski definition) is 3. The quantitative estimate of drug-likeness (QED) is 0.767. The highest BCUT2D eigenvalue weighted by Crippen LogP contribution is 2.19. The smallest absolute Gasteiger partial charge is 0.281 e. The van der Waals surface area contributed by atoms with E-state index >= 15 is 0 Å². The maximum Gasteiger partial charge on any atom is 0.281 e. The summed E-state index contributed by atoms with van der Waals surface area (Å²) in [6.45, 7) is 1.86. The summed E-state index contributed by atoms with van der Waals surface area (Å²) < 4.78 is 26.2. The van der Waals surface area contributed by atoms with E-state index < -0.39 is 10.2 Å². The van der Waals surface area contributed by atoms with E-state index in [0.29, 0.717) is 25.6 Å². The highest BCUT2D eigenvalue weighted by molar-refractivity contribution is 7.86. The molecule has 15 heavy (non-hydrogen) atoms. The van der Waals surface area contributed by atoms with E-state index in [-0.39, 0.29) is 12.4 Å². The Morgan fingerprint density at radius 2 is 1.80 bits per heavy atom. The highest BCUT2D eigenvalue weighted by atomic mass is 35.5. The predicted octanol–water partition coefficient (Wildman–Crippen LogP) is -0.115. The third-order valence-electron chi connectivity index (χ3n) is 2.69. The zero-order valence-corrected chi connectivity index (χ0v) is 10.9. The maximum absolute atomic E-state index is 11.7. The first-order chi connectivity index (χ1) is 6.48. The molecule has 0 aromatic rings. The minimum atomic E-state index is -3.21. The summed E-state index contributed by atoms with van der Waals surface area (Å²) >= 11 is 0. The van der Waals surface area contributed by atoms with Gasteiger partial charge in [0.15, 0.2) is 0 Å². The van der Waals surface area contributed by atoms with Crippen LogP contribution in [-0.4, -0.2) is 50.8 Å². The summed E-state index contributed by atoms with van der Waals surface area (Å²) in [7, 11) is -0.0860. The molecule has 0 spiro atoms. The third kappa shape index (κ3) is 3.57. The Balaban J connectivity index is 0.00000196. The van der Waals surface area contributed by atoms with Crippen molar-refractivity contribution in [3.8, 4) is 0 Å². The summed E-state index contributed by atoms with van der Waals surface area (Å²) in [4.78, 5) is 0. The molecule has 1 aliphatic heterocycles. The Kier molecular flexibility index (Phi) is 6.05. The van der Waals surface area contributed by atoms with E-state index in [1.54, 1.807) is 14.1 Å². The average Bonchev–Trinajstić information content (AvgIpc) is 2.17. The zero-order valence-electron chi connectivity index (χ0n) is 9.22. The molecule has 0 aliphatic carbocycles. The number of halogens is 1. The molecule has 92 valence electrons. The topological polar surface area (TPSA) is 66.6 Å². The summed E-state index contributed by atoms with van der Waals surface area (Å²) in [5, 5.41) is 0. The first kappa shape index (κ1) is 15.1. The second-order valence-corrected chi connectivity index (χ2v) is 6.01. The summed E-state index contributed by atoms with van der Waals surface area (Å²) in [5.41, 5.74) is 5.54. The van der Waals surface area contributed by atoms with Crippen LogP contribution in [0.1, 0.15) is 12.8 Å². The van der Waals surface area contributed by atoms with Crippen LogP contribution < -0.4 is 5.73 Å². The van der Waals surface area contributed by atoms with Crippen molar-refractivity contribution in [2.75, 3.05) is 33.7 Å². The van der Waals surface area contributed by atoms with Crippen molar-refractivity contribution in [1.82, 2.24) is 8.61 Å². The zero-order chi connectivity index (χ0) is 10.8. The van der Waals surface area contributed by atoms with E-state index in [1.165, 1.54) is 8.61 Å². The van der Waals surface area contributed by atoms with Gasteiger partial charge in [-0.3, -0.25) is 0 Å². The lowest BCUT2D eigenvalue weighted by Crippen LogP contribution is -2.45. The summed E-state index contributed by atoms with van der Waals surface area (Å²) in [6.07, 6.45) is 1.76. The van der Waals surface area contributed by atoms with Crippen LogP contribution in [0, 0.1) is 5.92 Å². The molecule has 0 amide bonds. The van der Waals surface area contributed by atoms with Crippen LogP contribution in [0.2, 0.25) is 0 Å². The number of nitrogens with zero attached hydrogens (tertiary/aromatic N) is 2. The van der Waals surface area contributed by atoms with Crippen molar-refractivity contribution >= 4 is 22.6 Å². The number of rotatable bonds is 3. The fraction of sp³-hybridized carbons (Fsp3) is 1.00. The van der Waals surface area contributed by atoms with E-state index in [1.807, 2.05) is 0 Å². The molecule has 0 saturated carbocycles. The van der Waals surface area contributed by atoms with Gasteiger partial charge < -0.3 is 5.73 Å². The molecule has 1 aliphatic rings. The number of piperidine rings is 1. The largest absolute Gasteiger partial charge is 0.330 e. The van der Waals surface area contributed by atoms with Crippen LogP contribution in [0.3, 0.4) is 0 Å². The van der Waals surface area contributed by atoms with Crippen LogP contribution in [0.25, 0.3) is 0 Å². The van der Waals surface area contributed by atoms with Gasteiger partial charge in [0.1, 0.15) is 0 Å². The maximum atomic E-state index is 11.7. The minimum Gasteiger partial charge on any atom is -0.330 e. The molecule has 0 unspecified atom stereocenters. The first-order valence-electron chi connectivity index (χ1n) is 4.86. The Morgan fingerprint density at radius 3 is 2.13 bits per heavy atom. The Hall–Kier alpha value is 0.120. The van der Waals surface area contributed by atoms with Crippen molar-refractivity contribution < 1.29 is 8.42 Å². The molecule has 1 fully saturated rings. The van der Waals surface area contributed by atoms with E-state index in [9.17, 15) is 8.42 Å². The SMILES string of the molecule is CN(C)S(=O)(=O)N1CCC(CN)CC1.Cl. The molecule has 0 atom stereocenters. The van der Waals surface area contributed by atoms with Crippen LogP contribution in [-0.2, 0) is 10.2 Å². The summed E-state index contributed by atoms with van der Waals surface area (Å²) in [6, 6.07) is 0. The first-order valence-corrected chi connectivity index (χ1v) is 6.26. The van der Waals surface area contributed by atoms with Crippen molar-refractivity contribution in [2.24, 2.45) is 11.7 Å². The lowest BCUT2D eigenvalue weighted by Gasteiger charge is -2.32. The molecule has 7 heteroatoms. The fourth-order valence-corrected chi connectivity index (χ4v) is 2.74. The van der Waals surface area contributed by atoms with Gasteiger partial charge in [0.25, 0.3) is 10.2 Å². The van der Waals surface area contributed by atoms with Crippen molar-refractivity contribution in [3.63, 3.8) is 0 Å². The van der Waals surface area contributed by atoms with Gasteiger partial charge in [-0.2, -0.15) is 17.0 Å². The van der Waals surface area contributed by atoms with Gasteiger partial charge in [-0.25, -0.2) is 0 Å². The fourth-order valence-electron chi connectivity index (χ4n) is 1.61. The van der Waals surface area contributed by atoms with E-state index in [4.69, 9.17) is 5.73 Å². The molecule has 1 saturated heterocycles. The highest BCUT2D eigenvalue weighted by Gasteiger charge is 2.28. The lowest BCUT2D eigenvalue weighted by atomic mass is 9.99. The minimum absolute atomic E-state index is 0. The molecule has 5 nitrogen and oxygen atoms in total. The Morgan fingerprint density at radius 1 is 1.33 bits per heavy atom. The normalized spacial score (nSPS) is 20.3. The standard InChI is InChI=1S/C8H19N3O2S.ClH/c1-10(2)14(12,13)11-5-3-8(7-9)4-6-11;/h8H,3-7,9H2,1-2H3;1H. The van der Waals surface area contributed by atoms with Gasteiger partial charge in [-0.1, -0.05) is 0 Å². The van der Waals surface area contributed by atoms with Crippen molar-refractivity contribution in [3.05, 3.63) is 0 Å². The molecule has 0 aromatic heterocycles. The van der Waals surface area contributed by atoms with Crippen molar-refractivity contribution in [2.45, 2.75) is 12.8 Å². The number of hydrogen-bond donors (Lipinski definition) is 1. The summed E-state index contributed by atoms with van der Waals surface area (Å²) in [5.74, 6) is 0.489. The van der Waals surface area contributed by atoms with Gasteiger partial charge in [-0.05, 0) is 25.3 Å². The monoisotopic (exact) mass is 257 g/mol. The van der Waals surface area contributed by atoms with Gasteiger partial charge in [-0.15, -0.1) is 12.4 Å². The van der Waals surface area contributed by atoms with Gasteiger partial charge >= 0.3 is 0 Å². The molecule has 1 rings (SSSR count). The Labute approximate surface area is 98.2 Å². The van der Waals surface area contributed by atoms with Gasteiger partial charge in [0, 0.05) is 27.2 Å². The average molecular weight is 258 g/mol. The molecule has 1 heterocycles. The third-order valence-corrected chi connectivity index (χ3v) is 4.64. The lowest BCUT2D eigenvalue weighted by molar-refractivity contribution is 0.267. The molecular weight excluding hydrogens is 238 g/mol. The van der Waals surface area contributed by atoms with Crippen LogP contribution in [0.5, 0.6) is 0 Å². The van der Waals surface area contributed by atoms with Crippen LogP contribution in [0.4, 0.5) is 0 Å². The van der Waals surface area contributed by atoms with Crippen molar-refractivity contribution in [1.29, 1.82) is 0 Å². The molecule has 0 aromatic carbocycles. The van der Waals surface area contributed by atoms with E-state index in [2.05, 4.69) is 0 Å². The molecule has 0 radical (unpaired) electrons. The van der Waals surface area contributed by atoms with Crippen LogP contribution in [0.15, 0.2) is 0 Å². The van der Waals surface area contributed by atoms with E-state index in [0.717, 1.165) is 12.8 Å². The predicted molar refractivity (Wildman–Crippen MR) is 63.2 cm³/mol. The van der Waals surface area contributed by atoms with Gasteiger partial charge in [0.05, 0.1) is 0 Å². The Bertz CT molecular complexity index is 274. The second-order valence-electron chi connectivity index (χ2n) is 3.87. The van der Waals surface area contributed by atoms with Gasteiger partial charge in [0.2, 0.25) is 0 Å². The molecule has 2 N–H and O–H groups in total. The molecular formula is C8H20ClN3O2S. The molecule has 0 bridgehead atoms. The number of nitrogens with two attached hydrogens (primary N) is 1.